The molecule has 0 spiro atoms. The molecule has 98 valence electrons. The summed E-state index contributed by atoms with van der Waals surface area (Å²) in [6.07, 6.45) is 0. The molecule has 3 nitrogen and oxygen atoms in total. The summed E-state index contributed by atoms with van der Waals surface area (Å²) < 4.78 is 7.60. The Morgan fingerprint density at radius 3 is 3.00 bits per heavy atom. The van der Waals surface area contributed by atoms with Crippen molar-refractivity contribution in [2.45, 2.75) is 17.3 Å². The summed E-state index contributed by atoms with van der Waals surface area (Å²) in [5.41, 5.74) is 1.09. The van der Waals surface area contributed by atoms with Crippen molar-refractivity contribution in [1.29, 1.82) is 0 Å². The Morgan fingerprint density at radius 1 is 1.44 bits per heavy atom. The minimum absolute atomic E-state index is 0.386. The van der Waals surface area contributed by atoms with Crippen molar-refractivity contribution in [3.8, 4) is 0 Å². The molecular formula is C13H18N2OS2. The van der Waals surface area contributed by atoms with Crippen LogP contribution in [0.5, 0.6) is 0 Å². The van der Waals surface area contributed by atoms with Gasteiger partial charge in [0, 0.05) is 18.9 Å². The molecule has 18 heavy (non-hydrogen) atoms. The van der Waals surface area contributed by atoms with E-state index >= 15 is 0 Å². The van der Waals surface area contributed by atoms with Crippen LogP contribution in [0.4, 0.5) is 0 Å². The lowest BCUT2D eigenvalue weighted by molar-refractivity contribution is 0.174. The zero-order valence-corrected chi connectivity index (χ0v) is 12.3. The second kappa shape index (κ2) is 7.09. The molecule has 0 saturated heterocycles. The minimum Gasteiger partial charge on any atom is -0.383 e. The molecule has 5 heteroatoms. The normalized spacial score (nSPS) is 13.0. The Bertz CT molecular complexity index is 448. The smallest absolute Gasteiger partial charge is 0.151 e. The van der Waals surface area contributed by atoms with Crippen LogP contribution in [0.25, 0.3) is 10.2 Å². The Balaban J connectivity index is 1.95. The second-order valence-electron chi connectivity index (χ2n) is 3.97. The van der Waals surface area contributed by atoms with Crippen LogP contribution in [0.1, 0.15) is 6.92 Å². The Morgan fingerprint density at radius 2 is 2.28 bits per heavy atom. The highest BCUT2D eigenvalue weighted by atomic mass is 32.2. The van der Waals surface area contributed by atoms with E-state index in [1.165, 1.54) is 4.70 Å². The van der Waals surface area contributed by atoms with Crippen molar-refractivity contribution in [2.24, 2.45) is 0 Å². The number of nitrogens with zero attached hydrogens (tertiary/aromatic N) is 1. The summed E-state index contributed by atoms with van der Waals surface area (Å²) in [6, 6.07) is 8.65. The molecule has 2 rings (SSSR count). The number of nitrogens with one attached hydrogen (secondary N) is 1. The fourth-order valence-corrected chi connectivity index (χ4v) is 3.87. The Hall–Kier alpha value is -0.620. The van der Waals surface area contributed by atoms with Crippen LogP contribution in [0, 0.1) is 0 Å². The standard InChI is InChI=1S/C13H18N2OS2/c1-3-14-10(8-16-2)9-17-13-15-11-6-4-5-7-12(11)18-13/h4-7,10,14H,3,8-9H2,1-2H3. The molecule has 0 aliphatic heterocycles. The maximum Gasteiger partial charge on any atom is 0.151 e. The molecule has 1 heterocycles. The third-order valence-corrected chi connectivity index (χ3v) is 4.88. The SMILES string of the molecule is CCNC(COC)CSc1nc2ccccc2s1. The predicted octanol–water partition coefficient (Wildman–Crippen LogP) is 3.01. The zero-order chi connectivity index (χ0) is 12.8. The molecule has 0 fully saturated rings. The Labute approximate surface area is 116 Å². The number of benzene rings is 1. The number of para-hydroxylation sites is 1. The van der Waals surface area contributed by atoms with E-state index in [0.717, 1.165) is 28.8 Å². The van der Waals surface area contributed by atoms with Crippen LogP contribution >= 0.6 is 23.1 Å². The van der Waals surface area contributed by atoms with Gasteiger partial charge in [-0.3, -0.25) is 0 Å². The maximum absolute atomic E-state index is 5.21. The van der Waals surface area contributed by atoms with Crippen LogP contribution in [-0.4, -0.2) is 37.0 Å². The first-order valence-electron chi connectivity index (χ1n) is 6.04. The third kappa shape index (κ3) is 3.68. The van der Waals surface area contributed by atoms with Crippen molar-refractivity contribution in [3.63, 3.8) is 0 Å². The number of hydrogen-bond donors (Lipinski definition) is 1. The highest BCUT2D eigenvalue weighted by Gasteiger charge is 2.10. The van der Waals surface area contributed by atoms with Gasteiger partial charge in [-0.05, 0) is 18.7 Å². The lowest BCUT2D eigenvalue weighted by Crippen LogP contribution is -2.35. The lowest BCUT2D eigenvalue weighted by Gasteiger charge is -2.15. The Kier molecular flexibility index (Phi) is 5.44. The van der Waals surface area contributed by atoms with Crippen LogP contribution in [0.2, 0.25) is 0 Å². The number of likely N-dealkylation sites (N-methyl/N-ethyl adjacent to an activating group) is 1. The van der Waals surface area contributed by atoms with E-state index in [2.05, 4.69) is 35.4 Å². The van der Waals surface area contributed by atoms with Gasteiger partial charge >= 0.3 is 0 Å². The van der Waals surface area contributed by atoms with E-state index in [-0.39, 0.29) is 0 Å². The van der Waals surface area contributed by atoms with Crippen molar-refractivity contribution >= 4 is 33.3 Å². The van der Waals surface area contributed by atoms with Gasteiger partial charge in [0.15, 0.2) is 4.34 Å². The summed E-state index contributed by atoms with van der Waals surface area (Å²) in [6.45, 7) is 3.82. The molecule has 0 saturated carbocycles. The molecular weight excluding hydrogens is 264 g/mol. The van der Waals surface area contributed by atoms with Crippen molar-refractivity contribution in [2.75, 3.05) is 26.0 Å². The minimum atomic E-state index is 0.386. The summed E-state index contributed by atoms with van der Waals surface area (Å²) >= 11 is 3.56. The van der Waals surface area contributed by atoms with E-state index in [4.69, 9.17) is 4.74 Å². The molecule has 2 aromatic rings. The summed E-state index contributed by atoms with van der Waals surface area (Å²) in [5, 5.41) is 3.42. The summed E-state index contributed by atoms with van der Waals surface area (Å²) in [7, 11) is 1.74. The summed E-state index contributed by atoms with van der Waals surface area (Å²) in [4.78, 5) is 4.62. The van der Waals surface area contributed by atoms with Crippen LogP contribution in [-0.2, 0) is 4.74 Å². The first-order chi connectivity index (χ1) is 8.83. The number of methoxy groups -OCH3 is 1. The van der Waals surface area contributed by atoms with Crippen LogP contribution in [0.3, 0.4) is 0 Å². The molecule has 0 bridgehead atoms. The number of rotatable bonds is 7. The van der Waals surface area contributed by atoms with E-state index in [0.29, 0.717) is 6.04 Å². The van der Waals surface area contributed by atoms with Gasteiger partial charge < -0.3 is 10.1 Å². The number of ether oxygens (including phenoxy) is 1. The molecule has 0 aliphatic carbocycles. The molecule has 1 aromatic carbocycles. The lowest BCUT2D eigenvalue weighted by atomic mass is 10.3. The van der Waals surface area contributed by atoms with Gasteiger partial charge in [0.1, 0.15) is 0 Å². The highest BCUT2D eigenvalue weighted by molar-refractivity contribution is 8.01. The number of fused-ring (bicyclic) bond motifs is 1. The topological polar surface area (TPSA) is 34.1 Å². The van der Waals surface area contributed by atoms with Crippen molar-refractivity contribution in [3.05, 3.63) is 24.3 Å². The number of hydrogen-bond acceptors (Lipinski definition) is 5. The third-order valence-electron chi connectivity index (χ3n) is 2.54. The number of aromatic nitrogens is 1. The van der Waals surface area contributed by atoms with Crippen molar-refractivity contribution < 1.29 is 4.74 Å². The summed E-state index contributed by atoms with van der Waals surface area (Å²) in [5.74, 6) is 0.988. The zero-order valence-electron chi connectivity index (χ0n) is 10.7. The van der Waals surface area contributed by atoms with Gasteiger partial charge in [-0.2, -0.15) is 0 Å². The fourth-order valence-electron chi connectivity index (χ4n) is 1.74. The van der Waals surface area contributed by atoms with Gasteiger partial charge in [-0.1, -0.05) is 30.8 Å². The van der Waals surface area contributed by atoms with Gasteiger partial charge in [-0.15, -0.1) is 11.3 Å². The van der Waals surface area contributed by atoms with Crippen LogP contribution < -0.4 is 5.32 Å². The van der Waals surface area contributed by atoms with E-state index in [9.17, 15) is 0 Å². The fraction of sp³-hybridized carbons (Fsp3) is 0.462. The van der Waals surface area contributed by atoms with E-state index in [1.807, 2.05) is 6.07 Å². The quantitative estimate of drug-likeness (QED) is 0.792. The molecule has 0 amide bonds. The van der Waals surface area contributed by atoms with Gasteiger partial charge in [0.2, 0.25) is 0 Å². The predicted molar refractivity (Wildman–Crippen MR) is 79.7 cm³/mol. The van der Waals surface area contributed by atoms with E-state index < -0.39 is 0 Å². The molecule has 1 atom stereocenters. The van der Waals surface area contributed by atoms with Gasteiger partial charge in [0.05, 0.1) is 16.8 Å². The first kappa shape index (κ1) is 13.8. The van der Waals surface area contributed by atoms with Crippen molar-refractivity contribution in [1.82, 2.24) is 10.3 Å². The molecule has 0 aliphatic rings. The monoisotopic (exact) mass is 282 g/mol. The molecule has 1 unspecified atom stereocenters. The number of thiazole rings is 1. The van der Waals surface area contributed by atoms with Gasteiger partial charge in [-0.25, -0.2) is 4.98 Å². The second-order valence-corrected chi connectivity index (χ2v) is 6.27. The highest BCUT2D eigenvalue weighted by Crippen LogP contribution is 2.29. The molecule has 0 radical (unpaired) electrons. The average Bonchev–Trinajstić information content (AvgIpc) is 2.79. The number of thioether (sulfide) groups is 1. The molecule has 1 N–H and O–H groups in total. The largest absolute Gasteiger partial charge is 0.383 e. The van der Waals surface area contributed by atoms with Crippen LogP contribution in [0.15, 0.2) is 28.6 Å². The first-order valence-corrected chi connectivity index (χ1v) is 7.84. The van der Waals surface area contributed by atoms with E-state index in [1.54, 1.807) is 30.2 Å². The average molecular weight is 282 g/mol. The molecule has 1 aromatic heterocycles. The maximum atomic E-state index is 5.21. The van der Waals surface area contributed by atoms with Gasteiger partial charge in [0.25, 0.3) is 0 Å².